The molecule has 12 rings (SSSR count). The molecule has 0 radical (unpaired) electrons. The molecule has 0 aliphatic heterocycles. The van der Waals surface area contributed by atoms with E-state index in [1.807, 2.05) is 0 Å². The normalized spacial score (nSPS) is 15.2. The second-order valence-electron chi connectivity index (χ2n) is 17.1. The molecule has 0 saturated carbocycles. The summed E-state index contributed by atoms with van der Waals surface area (Å²) in [5, 5.41) is 3.82. The van der Waals surface area contributed by atoms with E-state index < -0.39 is 0 Å². The fraction of sp³-hybridized carbons (Fsp3) is 0.0645. The minimum absolute atomic E-state index is 0.263. The molecular weight excluding hydrogens is 773 g/mol. The van der Waals surface area contributed by atoms with E-state index in [2.05, 4.69) is 246 Å². The van der Waals surface area contributed by atoms with Gasteiger partial charge >= 0.3 is 0 Å². The molecule has 0 amide bonds. The van der Waals surface area contributed by atoms with Crippen LogP contribution in [0.15, 0.2) is 236 Å². The maximum atomic E-state index is 2.53. The summed E-state index contributed by atoms with van der Waals surface area (Å²) in [4.78, 5) is 2.45. The van der Waals surface area contributed by atoms with Crippen molar-refractivity contribution in [3.8, 4) is 39.1 Å². The van der Waals surface area contributed by atoms with Gasteiger partial charge in [-0.2, -0.15) is 0 Å². The monoisotopic (exact) mass is 818 g/mol. The molecule has 0 spiro atoms. The van der Waals surface area contributed by atoms with Gasteiger partial charge in [0, 0.05) is 45.1 Å². The van der Waals surface area contributed by atoms with E-state index in [1.54, 1.807) is 0 Å². The molecule has 1 atom stereocenters. The Morgan fingerprint density at radius 2 is 1.12 bits per heavy atom. The first-order chi connectivity index (χ1) is 31.8. The average molecular weight is 819 g/mol. The Bertz CT molecular complexity index is 3390. The van der Waals surface area contributed by atoms with Crippen LogP contribution in [0.4, 0.5) is 17.1 Å². The first-order valence-electron chi connectivity index (χ1n) is 22.6. The summed E-state index contributed by atoms with van der Waals surface area (Å²) in [5.74, 6) is 0.263. The molecule has 9 aromatic rings. The molecule has 2 heteroatoms. The van der Waals surface area contributed by atoms with Crippen molar-refractivity contribution >= 4 is 50.4 Å². The van der Waals surface area contributed by atoms with Crippen LogP contribution in [0, 0.1) is 5.92 Å². The van der Waals surface area contributed by atoms with Crippen LogP contribution in [0.25, 0.3) is 72.4 Å². The van der Waals surface area contributed by atoms with Crippen LogP contribution in [-0.4, -0.2) is 4.57 Å². The maximum absolute atomic E-state index is 2.53. The Kier molecular flexibility index (Phi) is 9.49. The van der Waals surface area contributed by atoms with Crippen molar-refractivity contribution in [2.75, 3.05) is 4.90 Å². The molecule has 3 aliphatic carbocycles. The van der Waals surface area contributed by atoms with E-state index in [9.17, 15) is 0 Å². The summed E-state index contributed by atoms with van der Waals surface area (Å²) in [5.41, 5.74) is 19.8. The highest BCUT2D eigenvalue weighted by molar-refractivity contribution is 6.05. The molecule has 0 fully saturated rings. The first-order valence-corrected chi connectivity index (χ1v) is 22.6. The molecule has 1 unspecified atom stereocenters. The van der Waals surface area contributed by atoms with Crippen molar-refractivity contribution in [1.82, 2.24) is 4.57 Å². The number of hydrogen-bond donors (Lipinski definition) is 0. The predicted molar refractivity (Wildman–Crippen MR) is 272 cm³/mol. The Balaban J connectivity index is 1.02. The fourth-order valence-electron chi connectivity index (χ4n) is 10.5. The van der Waals surface area contributed by atoms with Gasteiger partial charge in [0.2, 0.25) is 0 Å². The van der Waals surface area contributed by atoms with Crippen LogP contribution >= 0.6 is 0 Å². The Morgan fingerprint density at radius 3 is 1.92 bits per heavy atom. The van der Waals surface area contributed by atoms with Gasteiger partial charge in [0.1, 0.15) is 0 Å². The zero-order chi connectivity index (χ0) is 42.4. The third-order valence-corrected chi connectivity index (χ3v) is 13.5. The van der Waals surface area contributed by atoms with Crippen LogP contribution in [0.3, 0.4) is 0 Å². The highest BCUT2D eigenvalue weighted by atomic mass is 15.1. The van der Waals surface area contributed by atoms with Gasteiger partial charge in [-0.25, -0.2) is 0 Å². The van der Waals surface area contributed by atoms with Gasteiger partial charge in [0.25, 0.3) is 0 Å². The summed E-state index contributed by atoms with van der Waals surface area (Å²) >= 11 is 0. The second kappa shape index (κ2) is 16.1. The second-order valence-corrected chi connectivity index (χ2v) is 17.1. The number of rotatable bonds is 8. The van der Waals surface area contributed by atoms with Crippen molar-refractivity contribution in [2.45, 2.75) is 19.3 Å². The van der Waals surface area contributed by atoms with Crippen molar-refractivity contribution in [3.63, 3.8) is 0 Å². The van der Waals surface area contributed by atoms with Crippen molar-refractivity contribution in [3.05, 3.63) is 253 Å². The van der Waals surface area contributed by atoms with Crippen LogP contribution in [0.2, 0.25) is 0 Å². The zero-order valence-electron chi connectivity index (χ0n) is 35.6. The highest BCUT2D eigenvalue weighted by Crippen LogP contribution is 2.48. The molecule has 0 saturated heterocycles. The number of nitrogens with zero attached hydrogens (tertiary/aromatic N) is 2. The molecule has 0 bridgehead atoms. The van der Waals surface area contributed by atoms with Gasteiger partial charge in [0.15, 0.2) is 0 Å². The molecular formula is C62H46N2. The SMILES string of the molecule is C1=CCC2C(=C1)C=CC=C2c1cc(-c2ccccc2-n2c3c(c4ccccc42)C=CCC3)ccc1N(c1ccccc1)c1ccc(-c2ccc(-c3ccccc3)c3ccccc23)cc1. The lowest BCUT2D eigenvalue weighted by Crippen LogP contribution is -2.16. The minimum Gasteiger partial charge on any atom is -0.312 e. The van der Waals surface area contributed by atoms with Gasteiger partial charge in [-0.15, -0.1) is 0 Å². The summed E-state index contributed by atoms with van der Waals surface area (Å²) in [6.07, 6.45) is 21.4. The van der Waals surface area contributed by atoms with E-state index in [-0.39, 0.29) is 5.92 Å². The third-order valence-electron chi connectivity index (χ3n) is 13.5. The molecule has 1 aromatic heterocycles. The van der Waals surface area contributed by atoms with Gasteiger partial charge in [-0.3, -0.25) is 0 Å². The quantitative estimate of drug-likeness (QED) is 0.148. The van der Waals surface area contributed by atoms with Gasteiger partial charge < -0.3 is 9.47 Å². The zero-order valence-corrected chi connectivity index (χ0v) is 35.6. The average Bonchev–Trinajstić information content (AvgIpc) is 3.71. The van der Waals surface area contributed by atoms with Crippen LogP contribution in [0.1, 0.15) is 29.7 Å². The largest absolute Gasteiger partial charge is 0.312 e. The lowest BCUT2D eigenvalue weighted by Gasteiger charge is -2.32. The van der Waals surface area contributed by atoms with Crippen LogP contribution in [-0.2, 0) is 6.42 Å². The lowest BCUT2D eigenvalue weighted by molar-refractivity contribution is 0.800. The molecule has 2 nitrogen and oxygen atoms in total. The number of fused-ring (bicyclic) bond motifs is 5. The van der Waals surface area contributed by atoms with Crippen LogP contribution in [0.5, 0.6) is 0 Å². The lowest BCUT2D eigenvalue weighted by atomic mass is 9.78. The molecule has 64 heavy (non-hydrogen) atoms. The molecule has 8 aromatic carbocycles. The van der Waals surface area contributed by atoms with Gasteiger partial charge in [-0.05, 0) is 118 Å². The summed E-state index contributed by atoms with van der Waals surface area (Å²) in [6, 6.07) is 69.2. The Labute approximate surface area is 375 Å². The summed E-state index contributed by atoms with van der Waals surface area (Å²) in [7, 11) is 0. The van der Waals surface area contributed by atoms with Crippen molar-refractivity contribution in [2.24, 2.45) is 5.92 Å². The summed E-state index contributed by atoms with van der Waals surface area (Å²) < 4.78 is 2.53. The number of allylic oxidation sites excluding steroid dienone is 9. The number of benzene rings is 8. The van der Waals surface area contributed by atoms with Gasteiger partial charge in [-0.1, -0.05) is 188 Å². The van der Waals surface area contributed by atoms with Crippen LogP contribution < -0.4 is 4.90 Å². The fourth-order valence-corrected chi connectivity index (χ4v) is 10.5. The first kappa shape index (κ1) is 37.8. The number of aromatic nitrogens is 1. The van der Waals surface area contributed by atoms with E-state index in [0.717, 1.165) is 36.3 Å². The van der Waals surface area contributed by atoms with Crippen molar-refractivity contribution in [1.29, 1.82) is 0 Å². The molecule has 0 N–H and O–H groups in total. The number of para-hydroxylation sites is 3. The van der Waals surface area contributed by atoms with E-state index in [0.29, 0.717) is 0 Å². The molecule has 304 valence electrons. The maximum Gasteiger partial charge on any atom is 0.0537 e. The smallest absolute Gasteiger partial charge is 0.0537 e. The van der Waals surface area contributed by atoms with E-state index in [1.165, 1.54) is 88.7 Å². The molecule has 1 heterocycles. The predicted octanol–water partition coefficient (Wildman–Crippen LogP) is 16.7. The number of anilines is 3. The van der Waals surface area contributed by atoms with E-state index in [4.69, 9.17) is 0 Å². The Morgan fingerprint density at radius 1 is 0.469 bits per heavy atom. The van der Waals surface area contributed by atoms with E-state index >= 15 is 0 Å². The highest BCUT2D eigenvalue weighted by Gasteiger charge is 2.28. The standard InChI is InChI=1S/C62H46N2/c1-3-18-43(19-4-1)50-39-40-51(54-27-10-9-26-53(50)54)45-34-37-48(38-35-45)63(47-22-5-2-6-23-47)62-41-36-46(42-58(62)55-30-17-21-44-20-7-8-24-49(44)55)52-25-11-14-31-59(52)64-60-32-15-12-28-56(60)57-29-13-16-33-61(57)64/h1-15,17-23,25-32,34-42,49H,16,24,33H2. The Hall–Kier alpha value is -7.94. The molecule has 3 aliphatic rings. The summed E-state index contributed by atoms with van der Waals surface area (Å²) in [6.45, 7) is 0. The van der Waals surface area contributed by atoms with Crippen molar-refractivity contribution < 1.29 is 0 Å². The number of hydrogen-bond acceptors (Lipinski definition) is 1. The third kappa shape index (κ3) is 6.50. The van der Waals surface area contributed by atoms with Gasteiger partial charge in [0.05, 0.1) is 16.9 Å². The minimum atomic E-state index is 0.263. The topological polar surface area (TPSA) is 8.17 Å².